The van der Waals surface area contributed by atoms with Crippen molar-refractivity contribution in [2.45, 2.75) is 136 Å². The van der Waals surface area contributed by atoms with Crippen LogP contribution in [0.2, 0.25) is 52.9 Å². The van der Waals surface area contributed by atoms with E-state index in [2.05, 4.69) is 149 Å². The fraction of sp³-hybridized carbons (Fsp3) is 0.568. The number of nitrogens with zero attached hydrogens (tertiary/aromatic N) is 1. The van der Waals surface area contributed by atoms with Crippen LogP contribution >= 0.6 is 0 Å². The number of hydrogen-bond donors (Lipinski definition) is 0. The van der Waals surface area contributed by atoms with Gasteiger partial charge in [0, 0.05) is 17.7 Å². The van der Waals surface area contributed by atoms with Crippen LogP contribution in [-0.4, -0.2) is 29.1 Å². The normalized spacial score (nSPS) is 12.7. The van der Waals surface area contributed by atoms with Crippen molar-refractivity contribution in [3.63, 3.8) is 0 Å². The second-order valence-electron chi connectivity index (χ2n) is 14.6. The van der Waals surface area contributed by atoms with Crippen molar-refractivity contribution in [3.05, 3.63) is 51.1 Å². The minimum absolute atomic E-state index is 0.0487. The average molecular weight is 630 g/mol. The number of non-ortho nitro benzene ring substituents is 1. The molecule has 43 heavy (non-hydrogen) atoms. The van der Waals surface area contributed by atoms with E-state index in [4.69, 9.17) is 0 Å². The van der Waals surface area contributed by atoms with Gasteiger partial charge in [-0.3, -0.25) is 10.1 Å². The van der Waals surface area contributed by atoms with Crippen molar-refractivity contribution in [1.29, 1.82) is 0 Å². The maximum Gasteiger partial charge on any atom is 0.269 e. The van der Waals surface area contributed by atoms with Crippen LogP contribution in [0.15, 0.2) is 35.4 Å². The van der Waals surface area contributed by atoms with Crippen LogP contribution in [0.5, 0.6) is 0 Å². The summed E-state index contributed by atoms with van der Waals surface area (Å²) in [5.41, 5.74) is 16.4. The van der Waals surface area contributed by atoms with Gasteiger partial charge in [-0.05, 0) is 45.4 Å². The maximum atomic E-state index is 11.2. The summed E-state index contributed by atoms with van der Waals surface area (Å²) in [5.74, 6) is 17.3. The van der Waals surface area contributed by atoms with Crippen molar-refractivity contribution < 1.29 is 4.92 Å². The van der Waals surface area contributed by atoms with E-state index in [0.29, 0.717) is 44.4 Å². The Labute approximate surface area is 267 Å². The van der Waals surface area contributed by atoms with Crippen LogP contribution in [0, 0.1) is 56.3 Å². The molecule has 0 amide bonds. The molecule has 0 aliphatic carbocycles. The Morgan fingerprint density at radius 2 is 0.907 bits per heavy atom. The molecule has 0 unspecified atom stereocenters. The van der Waals surface area contributed by atoms with Gasteiger partial charge in [0.2, 0.25) is 0 Å². The SMILES string of the molecule is CC(C)[Si](C#C/C(C#Cc1ccc([N+](=O)[O-])cc1)=C(/C#C[Si](C)(C)C)C#C[Si](C(C)C)(C(C)C)C(C)C)(C(C)C)C(C)C. The topological polar surface area (TPSA) is 43.1 Å². The molecule has 6 heteroatoms. The molecule has 0 aliphatic rings. The third-order valence-corrected chi connectivity index (χ3v) is 22.2. The first-order valence-corrected chi connectivity index (χ1v) is 23.8. The lowest BCUT2D eigenvalue weighted by atomic mass is 10.1. The van der Waals surface area contributed by atoms with Gasteiger partial charge in [0.25, 0.3) is 5.69 Å². The molecule has 0 N–H and O–H groups in total. The van der Waals surface area contributed by atoms with Gasteiger partial charge in [-0.2, -0.15) is 0 Å². The number of nitro groups is 1. The highest BCUT2D eigenvalue weighted by Gasteiger charge is 2.42. The van der Waals surface area contributed by atoms with E-state index in [1.54, 1.807) is 12.1 Å². The molecule has 0 aliphatic heterocycles. The van der Waals surface area contributed by atoms with Crippen molar-refractivity contribution in [1.82, 2.24) is 0 Å². The van der Waals surface area contributed by atoms with Gasteiger partial charge in [-0.1, -0.05) is 132 Å². The highest BCUT2D eigenvalue weighted by molar-refractivity contribution is 6.91. The number of nitro benzene ring substituents is 1. The van der Waals surface area contributed by atoms with E-state index in [1.807, 2.05) is 0 Å². The highest BCUT2D eigenvalue weighted by Crippen LogP contribution is 2.42. The Kier molecular flexibility index (Phi) is 14.1. The Hall–Kier alpha value is -2.75. The lowest BCUT2D eigenvalue weighted by Gasteiger charge is -2.38. The van der Waals surface area contributed by atoms with Gasteiger partial charge in [0.15, 0.2) is 0 Å². The molecule has 1 aromatic carbocycles. The summed E-state index contributed by atoms with van der Waals surface area (Å²) < 4.78 is 0. The van der Waals surface area contributed by atoms with Crippen LogP contribution in [-0.2, 0) is 0 Å². The number of hydrogen-bond acceptors (Lipinski definition) is 2. The largest absolute Gasteiger partial charge is 0.269 e. The Bertz CT molecular complexity index is 1370. The monoisotopic (exact) mass is 629 g/mol. The molecule has 3 nitrogen and oxygen atoms in total. The summed E-state index contributed by atoms with van der Waals surface area (Å²) in [4.78, 5) is 10.8. The van der Waals surface area contributed by atoms with E-state index in [1.165, 1.54) is 12.1 Å². The van der Waals surface area contributed by atoms with Crippen LogP contribution in [0.3, 0.4) is 0 Å². The second kappa shape index (κ2) is 15.8. The molecule has 0 aromatic heterocycles. The predicted molar refractivity (Wildman–Crippen MR) is 196 cm³/mol. The third-order valence-electron chi connectivity index (χ3n) is 8.76. The molecule has 232 valence electrons. The van der Waals surface area contributed by atoms with Crippen LogP contribution in [0.25, 0.3) is 0 Å². The standard InChI is InChI=1S/C37H55NO2Si3/c1-28(2)42(29(3)4,30(5)6)26-23-35(19-16-34-17-20-37(21-18-34)38(39)40)36(22-25-41(13,14)15)24-27-43(31(7)8,32(9)10)33(11)12/h17-18,20-21,28-33H,1-15H3/b36-35-. The molecule has 0 heterocycles. The lowest BCUT2D eigenvalue weighted by Crippen LogP contribution is -2.43. The lowest BCUT2D eigenvalue weighted by molar-refractivity contribution is -0.384. The van der Waals surface area contributed by atoms with Crippen molar-refractivity contribution in [3.8, 4) is 46.2 Å². The fourth-order valence-corrected chi connectivity index (χ4v) is 17.5. The van der Waals surface area contributed by atoms with E-state index in [9.17, 15) is 10.1 Å². The second-order valence-corrected chi connectivity index (χ2v) is 30.5. The Morgan fingerprint density at radius 1 is 0.581 bits per heavy atom. The van der Waals surface area contributed by atoms with Crippen molar-refractivity contribution in [2.75, 3.05) is 0 Å². The summed E-state index contributed by atoms with van der Waals surface area (Å²) in [7, 11) is -5.81. The summed E-state index contributed by atoms with van der Waals surface area (Å²) >= 11 is 0. The zero-order valence-corrected chi connectivity index (χ0v) is 32.5. The predicted octanol–water partition coefficient (Wildman–Crippen LogP) is 10.6. The molecular weight excluding hydrogens is 575 g/mol. The van der Waals surface area contributed by atoms with Gasteiger partial charge >= 0.3 is 0 Å². The summed E-state index contributed by atoms with van der Waals surface area (Å²) in [5, 5.41) is 11.2. The minimum atomic E-state index is -2.05. The zero-order valence-electron chi connectivity index (χ0n) is 29.5. The van der Waals surface area contributed by atoms with Crippen LogP contribution in [0.4, 0.5) is 5.69 Å². The smallest absolute Gasteiger partial charge is 0.258 e. The van der Waals surface area contributed by atoms with Gasteiger partial charge in [0.1, 0.15) is 24.2 Å². The molecule has 0 radical (unpaired) electrons. The molecule has 0 saturated carbocycles. The Balaban J connectivity index is 4.31. The molecule has 0 fully saturated rings. The molecule has 0 saturated heterocycles. The first kappa shape index (κ1) is 38.3. The van der Waals surface area contributed by atoms with Crippen LogP contribution in [0.1, 0.15) is 88.6 Å². The van der Waals surface area contributed by atoms with E-state index in [-0.39, 0.29) is 5.69 Å². The first-order chi connectivity index (χ1) is 19.7. The average Bonchev–Trinajstić information content (AvgIpc) is 2.86. The van der Waals surface area contributed by atoms with Gasteiger partial charge in [0.05, 0.1) is 16.1 Å². The maximum absolute atomic E-state index is 11.2. The summed E-state index contributed by atoms with van der Waals surface area (Å²) in [6.45, 7) is 34.5. The third kappa shape index (κ3) is 9.88. The summed E-state index contributed by atoms with van der Waals surface area (Å²) in [6.07, 6.45) is 0. The molecule has 0 spiro atoms. The van der Waals surface area contributed by atoms with Crippen molar-refractivity contribution >= 4 is 29.9 Å². The molecule has 0 atom stereocenters. The highest BCUT2D eigenvalue weighted by atomic mass is 28.3. The van der Waals surface area contributed by atoms with Gasteiger partial charge in [-0.25, -0.2) is 0 Å². The van der Waals surface area contributed by atoms with Gasteiger partial charge < -0.3 is 0 Å². The molecule has 1 aromatic rings. The first-order valence-electron chi connectivity index (χ1n) is 15.8. The quantitative estimate of drug-likeness (QED) is 0.130. The van der Waals surface area contributed by atoms with E-state index < -0.39 is 29.1 Å². The number of allylic oxidation sites excluding steroid dienone is 2. The zero-order chi connectivity index (χ0) is 33.3. The molecular formula is C37H55NO2Si3. The summed E-state index contributed by atoms with van der Waals surface area (Å²) in [6, 6.07) is 6.37. The van der Waals surface area contributed by atoms with E-state index in [0.717, 1.165) is 5.57 Å². The van der Waals surface area contributed by atoms with Crippen LogP contribution < -0.4 is 0 Å². The number of benzene rings is 1. The minimum Gasteiger partial charge on any atom is -0.258 e. The number of rotatable bonds is 7. The van der Waals surface area contributed by atoms with E-state index >= 15 is 0 Å². The molecule has 1 rings (SSSR count). The van der Waals surface area contributed by atoms with Crippen molar-refractivity contribution in [2.24, 2.45) is 0 Å². The fourth-order valence-electron chi connectivity index (χ4n) is 6.57. The molecule has 0 bridgehead atoms. The van der Waals surface area contributed by atoms with Gasteiger partial charge in [-0.15, -0.1) is 16.6 Å². The Morgan fingerprint density at radius 3 is 1.21 bits per heavy atom.